The fourth-order valence-electron chi connectivity index (χ4n) is 2.97. The van der Waals surface area contributed by atoms with Crippen LogP contribution in [0, 0.1) is 0 Å². The van der Waals surface area contributed by atoms with E-state index in [9.17, 15) is 9.59 Å². The second-order valence-corrected chi connectivity index (χ2v) is 7.66. The molecule has 2 aromatic rings. The quantitative estimate of drug-likeness (QED) is 0.648. The van der Waals surface area contributed by atoms with Gasteiger partial charge >= 0.3 is 0 Å². The highest BCUT2D eigenvalue weighted by Crippen LogP contribution is 2.19. The highest BCUT2D eigenvalue weighted by atomic mass is 32.2. The second kappa shape index (κ2) is 10.2. The molecule has 0 aliphatic carbocycles. The molecule has 1 aliphatic rings. The van der Waals surface area contributed by atoms with E-state index in [1.54, 1.807) is 11.8 Å². The molecule has 1 aromatic carbocycles. The molecule has 1 aliphatic heterocycles. The van der Waals surface area contributed by atoms with Crippen molar-refractivity contribution < 1.29 is 9.59 Å². The smallest absolute Gasteiger partial charge is 0.253 e. The molecule has 28 heavy (non-hydrogen) atoms. The van der Waals surface area contributed by atoms with Crippen LogP contribution in [0.3, 0.4) is 0 Å². The minimum absolute atomic E-state index is 0.0459. The standard InChI is InChI=1S/C19H26N6O2S/c1-2-7-20-17(26)12-24-8-10-25(11-9-24)18(27)16-5-3-15(4-6-16)13-28-19-21-14-22-23-19/h3-6,14H,2,7-13H2,1H3,(H,20,26)(H,21,22,23). The van der Waals surface area contributed by atoms with Crippen LogP contribution in [0.15, 0.2) is 35.7 Å². The number of H-pyrrole nitrogens is 1. The Kier molecular flexibility index (Phi) is 7.44. The molecule has 8 nitrogen and oxygen atoms in total. The van der Waals surface area contributed by atoms with Crippen LogP contribution < -0.4 is 5.32 Å². The van der Waals surface area contributed by atoms with Crippen LogP contribution in [0.4, 0.5) is 0 Å². The first kappa shape index (κ1) is 20.3. The zero-order valence-electron chi connectivity index (χ0n) is 16.1. The van der Waals surface area contributed by atoms with Crippen molar-refractivity contribution in [3.05, 3.63) is 41.7 Å². The maximum absolute atomic E-state index is 12.7. The third kappa shape index (κ3) is 5.80. The molecule has 0 spiro atoms. The molecule has 2 N–H and O–H groups in total. The molecule has 0 atom stereocenters. The minimum Gasteiger partial charge on any atom is -0.355 e. The lowest BCUT2D eigenvalue weighted by Gasteiger charge is -2.34. The van der Waals surface area contributed by atoms with Crippen molar-refractivity contribution in [3.63, 3.8) is 0 Å². The Labute approximate surface area is 169 Å². The van der Waals surface area contributed by atoms with Gasteiger partial charge in [-0.3, -0.25) is 19.6 Å². The van der Waals surface area contributed by atoms with E-state index in [1.807, 2.05) is 36.1 Å². The number of benzene rings is 1. The van der Waals surface area contributed by atoms with E-state index in [0.29, 0.717) is 31.7 Å². The average Bonchev–Trinajstić information content (AvgIpc) is 3.25. The van der Waals surface area contributed by atoms with E-state index in [4.69, 9.17) is 0 Å². The van der Waals surface area contributed by atoms with Crippen molar-refractivity contribution >= 4 is 23.6 Å². The number of amides is 2. The van der Waals surface area contributed by atoms with E-state index >= 15 is 0 Å². The van der Waals surface area contributed by atoms with Crippen molar-refractivity contribution in [1.82, 2.24) is 30.3 Å². The molecule has 1 saturated heterocycles. The third-order valence-electron chi connectivity index (χ3n) is 4.57. The lowest BCUT2D eigenvalue weighted by molar-refractivity contribution is -0.122. The van der Waals surface area contributed by atoms with Crippen LogP contribution in [0.25, 0.3) is 0 Å². The van der Waals surface area contributed by atoms with Gasteiger partial charge in [0.1, 0.15) is 6.33 Å². The molecule has 3 rings (SSSR count). The Balaban J connectivity index is 1.45. The van der Waals surface area contributed by atoms with Gasteiger partial charge in [0.15, 0.2) is 5.16 Å². The minimum atomic E-state index is 0.0459. The fraction of sp³-hybridized carbons (Fsp3) is 0.474. The van der Waals surface area contributed by atoms with Gasteiger partial charge in [0, 0.05) is 44.0 Å². The predicted molar refractivity (Wildman–Crippen MR) is 108 cm³/mol. The molecule has 0 bridgehead atoms. The Morgan fingerprint density at radius 2 is 1.93 bits per heavy atom. The Morgan fingerprint density at radius 3 is 2.57 bits per heavy atom. The molecule has 9 heteroatoms. The lowest BCUT2D eigenvalue weighted by Crippen LogP contribution is -2.51. The largest absolute Gasteiger partial charge is 0.355 e. The molecular weight excluding hydrogens is 376 g/mol. The summed E-state index contributed by atoms with van der Waals surface area (Å²) in [5, 5.41) is 10.3. The summed E-state index contributed by atoms with van der Waals surface area (Å²) in [6.45, 7) is 5.87. The number of piperazine rings is 1. The summed E-state index contributed by atoms with van der Waals surface area (Å²) < 4.78 is 0. The first-order chi connectivity index (χ1) is 13.7. The summed E-state index contributed by atoms with van der Waals surface area (Å²) in [6, 6.07) is 7.71. The van der Waals surface area contributed by atoms with Gasteiger partial charge < -0.3 is 10.2 Å². The molecule has 150 valence electrons. The number of hydrogen-bond acceptors (Lipinski definition) is 6. The van der Waals surface area contributed by atoms with E-state index in [1.165, 1.54) is 6.33 Å². The van der Waals surface area contributed by atoms with Crippen LogP contribution in [0.1, 0.15) is 29.3 Å². The van der Waals surface area contributed by atoms with Gasteiger partial charge in [-0.15, -0.1) is 0 Å². The third-order valence-corrected chi connectivity index (χ3v) is 5.52. The van der Waals surface area contributed by atoms with Crippen LogP contribution in [-0.2, 0) is 10.5 Å². The van der Waals surface area contributed by atoms with Crippen LogP contribution in [-0.4, -0.2) is 76.1 Å². The highest BCUT2D eigenvalue weighted by molar-refractivity contribution is 7.98. The predicted octanol–water partition coefficient (Wildman–Crippen LogP) is 1.38. The Hall–Kier alpha value is -2.39. The van der Waals surface area contributed by atoms with Crippen LogP contribution in [0.2, 0.25) is 0 Å². The molecule has 0 radical (unpaired) electrons. The Bertz CT molecular complexity index is 757. The normalized spacial score (nSPS) is 14.8. The maximum atomic E-state index is 12.7. The van der Waals surface area contributed by atoms with Crippen LogP contribution in [0.5, 0.6) is 0 Å². The summed E-state index contributed by atoms with van der Waals surface area (Å²) in [7, 11) is 0. The SMILES string of the molecule is CCCNC(=O)CN1CCN(C(=O)c2ccc(CSc3ncn[nH]3)cc2)CC1. The number of nitrogens with one attached hydrogen (secondary N) is 2. The summed E-state index contributed by atoms with van der Waals surface area (Å²) in [4.78, 5) is 32.6. The van der Waals surface area contributed by atoms with Gasteiger partial charge in [-0.2, -0.15) is 5.10 Å². The number of rotatable bonds is 8. The number of aromatic nitrogens is 3. The first-order valence-corrected chi connectivity index (χ1v) is 10.5. The average molecular weight is 403 g/mol. The topological polar surface area (TPSA) is 94.2 Å². The second-order valence-electron chi connectivity index (χ2n) is 6.69. The number of aromatic amines is 1. The number of carbonyl (C=O) groups is 2. The summed E-state index contributed by atoms with van der Waals surface area (Å²) in [5.74, 6) is 0.868. The van der Waals surface area contributed by atoms with Crippen molar-refractivity contribution in [1.29, 1.82) is 0 Å². The van der Waals surface area contributed by atoms with Gasteiger partial charge in [0.05, 0.1) is 6.54 Å². The maximum Gasteiger partial charge on any atom is 0.253 e. The van der Waals surface area contributed by atoms with Gasteiger partial charge in [-0.1, -0.05) is 30.8 Å². The number of thioether (sulfide) groups is 1. The van der Waals surface area contributed by atoms with E-state index in [2.05, 4.69) is 25.4 Å². The summed E-state index contributed by atoms with van der Waals surface area (Å²) >= 11 is 1.57. The molecule has 2 amide bonds. The summed E-state index contributed by atoms with van der Waals surface area (Å²) in [6.07, 6.45) is 2.42. The zero-order chi connectivity index (χ0) is 19.8. The zero-order valence-corrected chi connectivity index (χ0v) is 16.9. The van der Waals surface area contributed by atoms with E-state index in [-0.39, 0.29) is 11.8 Å². The molecular formula is C19H26N6O2S. The fourth-order valence-corrected chi connectivity index (χ4v) is 3.71. The van der Waals surface area contributed by atoms with Gasteiger partial charge in [-0.05, 0) is 24.1 Å². The molecule has 0 unspecified atom stereocenters. The first-order valence-electron chi connectivity index (χ1n) is 9.51. The van der Waals surface area contributed by atoms with Gasteiger partial charge in [0.2, 0.25) is 5.91 Å². The molecule has 0 saturated carbocycles. The van der Waals surface area contributed by atoms with Gasteiger partial charge in [0.25, 0.3) is 5.91 Å². The van der Waals surface area contributed by atoms with Gasteiger partial charge in [-0.25, -0.2) is 4.98 Å². The van der Waals surface area contributed by atoms with Crippen molar-refractivity contribution in [2.45, 2.75) is 24.3 Å². The van der Waals surface area contributed by atoms with Crippen molar-refractivity contribution in [3.8, 4) is 0 Å². The number of nitrogens with zero attached hydrogens (tertiary/aromatic N) is 4. The molecule has 1 fully saturated rings. The molecule has 2 heterocycles. The summed E-state index contributed by atoms with van der Waals surface area (Å²) in [5.41, 5.74) is 1.82. The van der Waals surface area contributed by atoms with E-state index in [0.717, 1.165) is 36.0 Å². The van der Waals surface area contributed by atoms with Crippen LogP contribution >= 0.6 is 11.8 Å². The van der Waals surface area contributed by atoms with E-state index < -0.39 is 0 Å². The highest BCUT2D eigenvalue weighted by Gasteiger charge is 2.23. The van der Waals surface area contributed by atoms with Crippen molar-refractivity contribution in [2.24, 2.45) is 0 Å². The monoisotopic (exact) mass is 402 g/mol. The number of carbonyl (C=O) groups excluding carboxylic acids is 2. The lowest BCUT2D eigenvalue weighted by atomic mass is 10.1. The number of hydrogen-bond donors (Lipinski definition) is 2. The molecule has 1 aromatic heterocycles. The Morgan fingerprint density at radius 1 is 1.18 bits per heavy atom. The van der Waals surface area contributed by atoms with Crippen molar-refractivity contribution in [2.75, 3.05) is 39.3 Å².